The Bertz CT molecular complexity index is 373. The van der Waals surface area contributed by atoms with Crippen LogP contribution in [0.25, 0.3) is 0 Å². The van der Waals surface area contributed by atoms with Gasteiger partial charge in [-0.1, -0.05) is 54.9 Å². The summed E-state index contributed by atoms with van der Waals surface area (Å²) in [5.41, 5.74) is 0.182. The summed E-state index contributed by atoms with van der Waals surface area (Å²) in [4.78, 5) is 12.6. The number of rotatable bonds is 4. The molecule has 23 heavy (non-hydrogen) atoms. The van der Waals surface area contributed by atoms with Crippen LogP contribution in [0.15, 0.2) is 0 Å². The molecule has 0 aromatic carbocycles. The van der Waals surface area contributed by atoms with Crippen molar-refractivity contribution in [2.45, 2.75) is 101 Å². The van der Waals surface area contributed by atoms with Crippen molar-refractivity contribution in [2.75, 3.05) is 0 Å². The van der Waals surface area contributed by atoms with Crippen LogP contribution in [-0.2, 0) is 9.53 Å². The van der Waals surface area contributed by atoms with Gasteiger partial charge in [0, 0.05) is 0 Å². The van der Waals surface area contributed by atoms with Gasteiger partial charge < -0.3 is 4.74 Å². The predicted molar refractivity (Wildman–Crippen MR) is 98.3 cm³/mol. The third-order valence-corrected chi connectivity index (χ3v) is 5.81. The second kappa shape index (κ2) is 7.15. The number of hydrogen-bond acceptors (Lipinski definition) is 2. The van der Waals surface area contributed by atoms with E-state index >= 15 is 0 Å². The summed E-state index contributed by atoms with van der Waals surface area (Å²) in [7, 11) is 0. The first-order valence-corrected chi connectivity index (χ1v) is 9.48. The standard InChI is InChI=1S/C21H40O2/c1-10-11-21(8,9)18(22)23-17-13-15(19(2,3)4)12-16(14-17)20(5,6)7/h15-17H,10-14H2,1-9H3. The molecule has 1 aliphatic rings. The van der Waals surface area contributed by atoms with Gasteiger partial charge in [0.1, 0.15) is 6.10 Å². The largest absolute Gasteiger partial charge is 0.462 e. The zero-order valence-corrected chi connectivity index (χ0v) is 17.1. The van der Waals surface area contributed by atoms with Gasteiger partial charge in [-0.25, -0.2) is 0 Å². The molecule has 2 nitrogen and oxygen atoms in total. The first kappa shape index (κ1) is 20.5. The monoisotopic (exact) mass is 324 g/mol. The summed E-state index contributed by atoms with van der Waals surface area (Å²) in [6.07, 6.45) is 5.28. The topological polar surface area (TPSA) is 26.3 Å². The van der Waals surface area contributed by atoms with Crippen LogP contribution in [0.1, 0.15) is 94.4 Å². The van der Waals surface area contributed by atoms with Crippen LogP contribution in [0.4, 0.5) is 0 Å². The normalized spacial score (nSPS) is 26.9. The highest BCUT2D eigenvalue weighted by molar-refractivity contribution is 5.76. The second-order valence-corrected chi connectivity index (χ2v) is 10.5. The van der Waals surface area contributed by atoms with E-state index in [9.17, 15) is 4.79 Å². The lowest BCUT2D eigenvalue weighted by Gasteiger charge is -2.45. The van der Waals surface area contributed by atoms with E-state index in [-0.39, 0.29) is 28.3 Å². The van der Waals surface area contributed by atoms with Crippen molar-refractivity contribution in [2.24, 2.45) is 28.1 Å². The minimum absolute atomic E-state index is 0.00781. The Kier molecular flexibility index (Phi) is 6.38. The van der Waals surface area contributed by atoms with Crippen LogP contribution < -0.4 is 0 Å². The van der Waals surface area contributed by atoms with Crippen molar-refractivity contribution < 1.29 is 9.53 Å². The van der Waals surface area contributed by atoms with Gasteiger partial charge in [-0.2, -0.15) is 0 Å². The van der Waals surface area contributed by atoms with Crippen LogP contribution in [0.5, 0.6) is 0 Å². The summed E-state index contributed by atoms with van der Waals surface area (Å²) in [6, 6.07) is 0. The van der Waals surface area contributed by atoms with Gasteiger partial charge in [0.05, 0.1) is 5.41 Å². The van der Waals surface area contributed by atoms with Crippen molar-refractivity contribution in [3.8, 4) is 0 Å². The van der Waals surface area contributed by atoms with E-state index in [0.29, 0.717) is 11.8 Å². The van der Waals surface area contributed by atoms with Crippen molar-refractivity contribution >= 4 is 5.97 Å². The zero-order valence-electron chi connectivity index (χ0n) is 17.1. The zero-order chi connectivity index (χ0) is 18.1. The highest BCUT2D eigenvalue weighted by Gasteiger charge is 2.41. The first-order chi connectivity index (χ1) is 10.3. The maximum atomic E-state index is 12.6. The lowest BCUT2D eigenvalue weighted by Crippen LogP contribution is -2.41. The molecule has 136 valence electrons. The molecule has 2 atom stereocenters. The fraction of sp³-hybridized carbons (Fsp3) is 0.952. The van der Waals surface area contributed by atoms with Gasteiger partial charge >= 0.3 is 5.97 Å². The number of carbonyl (C=O) groups excluding carboxylic acids is 1. The smallest absolute Gasteiger partial charge is 0.311 e. The summed E-state index contributed by atoms with van der Waals surface area (Å²) in [6.45, 7) is 20.1. The number of esters is 1. The molecule has 0 N–H and O–H groups in total. The maximum Gasteiger partial charge on any atom is 0.311 e. The number of hydrogen-bond donors (Lipinski definition) is 0. The van der Waals surface area contributed by atoms with Gasteiger partial charge in [-0.05, 0) is 62.2 Å². The van der Waals surface area contributed by atoms with Crippen molar-refractivity contribution in [1.29, 1.82) is 0 Å². The molecule has 1 saturated carbocycles. The molecule has 0 saturated heterocycles. The lowest BCUT2D eigenvalue weighted by molar-refractivity contribution is -0.165. The van der Waals surface area contributed by atoms with E-state index in [0.717, 1.165) is 25.7 Å². The fourth-order valence-corrected chi connectivity index (χ4v) is 3.82. The van der Waals surface area contributed by atoms with Crippen molar-refractivity contribution in [1.82, 2.24) is 0 Å². The summed E-state index contributed by atoms with van der Waals surface area (Å²) < 4.78 is 6.02. The van der Waals surface area contributed by atoms with Crippen LogP contribution in [-0.4, -0.2) is 12.1 Å². The molecule has 0 radical (unpaired) electrons. The van der Waals surface area contributed by atoms with Crippen LogP contribution in [0.2, 0.25) is 0 Å². The molecule has 1 fully saturated rings. The average Bonchev–Trinajstić information content (AvgIpc) is 2.36. The molecule has 0 heterocycles. The van der Waals surface area contributed by atoms with Crippen LogP contribution >= 0.6 is 0 Å². The molecular formula is C21H40O2. The molecule has 0 amide bonds. The predicted octanol–water partition coefficient (Wildman–Crippen LogP) is 6.23. The minimum atomic E-state index is -0.360. The SMILES string of the molecule is CCCC(C)(C)C(=O)OC1CC(C(C)(C)C)CC(C(C)(C)C)C1. The lowest BCUT2D eigenvalue weighted by atomic mass is 9.62. The van der Waals surface area contributed by atoms with Crippen LogP contribution in [0.3, 0.4) is 0 Å². The van der Waals surface area contributed by atoms with E-state index in [1.54, 1.807) is 0 Å². The van der Waals surface area contributed by atoms with E-state index in [2.05, 4.69) is 48.5 Å². The molecule has 0 aromatic rings. The average molecular weight is 325 g/mol. The summed E-state index contributed by atoms with van der Waals surface area (Å²) in [5.74, 6) is 1.23. The molecule has 2 heteroatoms. The van der Waals surface area contributed by atoms with E-state index in [1.807, 2.05) is 13.8 Å². The van der Waals surface area contributed by atoms with E-state index < -0.39 is 0 Å². The van der Waals surface area contributed by atoms with Gasteiger partial charge in [0.25, 0.3) is 0 Å². The third-order valence-electron chi connectivity index (χ3n) is 5.81. The fourth-order valence-electron chi connectivity index (χ4n) is 3.82. The molecule has 0 aromatic heterocycles. The van der Waals surface area contributed by atoms with Crippen LogP contribution in [0, 0.1) is 28.1 Å². The molecule has 0 bridgehead atoms. The Hall–Kier alpha value is -0.530. The molecule has 1 aliphatic carbocycles. The Morgan fingerprint density at radius 3 is 1.65 bits per heavy atom. The second-order valence-electron chi connectivity index (χ2n) is 10.5. The van der Waals surface area contributed by atoms with Gasteiger partial charge in [-0.3, -0.25) is 4.79 Å². The van der Waals surface area contributed by atoms with Crippen molar-refractivity contribution in [3.63, 3.8) is 0 Å². The maximum absolute atomic E-state index is 12.6. The van der Waals surface area contributed by atoms with E-state index in [1.165, 1.54) is 6.42 Å². The molecule has 2 unspecified atom stereocenters. The molecular weight excluding hydrogens is 284 g/mol. The number of ether oxygens (including phenoxy) is 1. The summed E-state index contributed by atoms with van der Waals surface area (Å²) >= 11 is 0. The van der Waals surface area contributed by atoms with Crippen molar-refractivity contribution in [3.05, 3.63) is 0 Å². The molecule has 0 aliphatic heterocycles. The minimum Gasteiger partial charge on any atom is -0.462 e. The highest BCUT2D eigenvalue weighted by atomic mass is 16.5. The van der Waals surface area contributed by atoms with Gasteiger partial charge in [0.2, 0.25) is 0 Å². The number of carbonyl (C=O) groups is 1. The summed E-state index contributed by atoms with van der Waals surface area (Å²) in [5, 5.41) is 0. The Labute approximate surface area is 144 Å². The Morgan fingerprint density at radius 1 is 0.870 bits per heavy atom. The van der Waals surface area contributed by atoms with E-state index in [4.69, 9.17) is 4.74 Å². The highest BCUT2D eigenvalue weighted by Crippen LogP contribution is 2.47. The Balaban J connectivity index is 2.86. The Morgan fingerprint density at radius 2 is 1.30 bits per heavy atom. The first-order valence-electron chi connectivity index (χ1n) is 9.48. The van der Waals surface area contributed by atoms with Gasteiger partial charge in [-0.15, -0.1) is 0 Å². The molecule has 0 spiro atoms. The third kappa shape index (κ3) is 5.80. The molecule has 1 rings (SSSR count). The quantitative estimate of drug-likeness (QED) is 0.573. The van der Waals surface area contributed by atoms with Gasteiger partial charge in [0.15, 0.2) is 0 Å².